The van der Waals surface area contributed by atoms with Gasteiger partial charge in [0.15, 0.2) is 5.13 Å². The lowest BCUT2D eigenvalue weighted by atomic mass is 9.88. The number of rotatable bonds is 8. The quantitative estimate of drug-likeness (QED) is 0.619. The molecule has 33 heavy (non-hydrogen) atoms. The van der Waals surface area contributed by atoms with Crippen molar-refractivity contribution in [3.05, 3.63) is 11.1 Å². The predicted molar refractivity (Wildman–Crippen MR) is 129 cm³/mol. The summed E-state index contributed by atoms with van der Waals surface area (Å²) in [6.45, 7) is 9.80. The molecule has 1 aromatic rings. The van der Waals surface area contributed by atoms with Crippen LogP contribution in [0.1, 0.15) is 65.5 Å². The zero-order chi connectivity index (χ0) is 24.0. The van der Waals surface area contributed by atoms with Crippen molar-refractivity contribution in [2.75, 3.05) is 31.5 Å². The third-order valence-electron chi connectivity index (χ3n) is 6.09. The van der Waals surface area contributed by atoms with Gasteiger partial charge in [0.25, 0.3) is 0 Å². The van der Waals surface area contributed by atoms with E-state index in [2.05, 4.69) is 24.1 Å². The molecule has 0 aromatic carbocycles. The van der Waals surface area contributed by atoms with Gasteiger partial charge in [-0.3, -0.25) is 14.4 Å². The highest BCUT2D eigenvalue weighted by Crippen LogP contribution is 2.26. The van der Waals surface area contributed by atoms with Gasteiger partial charge >= 0.3 is 0 Å². The molecule has 184 valence electrons. The van der Waals surface area contributed by atoms with Crippen molar-refractivity contribution >= 4 is 34.2 Å². The Balaban J connectivity index is 1.53. The van der Waals surface area contributed by atoms with Crippen LogP contribution in [0.4, 0.5) is 5.13 Å². The zero-order valence-electron chi connectivity index (χ0n) is 20.3. The van der Waals surface area contributed by atoms with E-state index in [0.717, 1.165) is 25.7 Å². The van der Waals surface area contributed by atoms with Gasteiger partial charge < -0.3 is 19.9 Å². The summed E-state index contributed by atoms with van der Waals surface area (Å²) in [6.07, 6.45) is 5.43. The molecule has 0 spiro atoms. The number of aromatic nitrogens is 1. The summed E-state index contributed by atoms with van der Waals surface area (Å²) in [4.78, 5) is 46.4. The average molecular weight is 479 g/mol. The number of anilines is 1. The number of hydrogen-bond acceptors (Lipinski definition) is 6. The summed E-state index contributed by atoms with van der Waals surface area (Å²) in [5, 5.41) is 5.09. The average Bonchev–Trinajstić information content (AvgIpc) is 3.18. The third-order valence-corrected chi connectivity index (χ3v) is 6.90. The van der Waals surface area contributed by atoms with Gasteiger partial charge in [-0.1, -0.05) is 33.1 Å². The van der Waals surface area contributed by atoms with E-state index >= 15 is 0 Å². The van der Waals surface area contributed by atoms with Gasteiger partial charge in [-0.05, 0) is 32.6 Å². The molecule has 1 aliphatic carbocycles. The fraction of sp³-hybridized carbons (Fsp3) is 0.750. The lowest BCUT2D eigenvalue weighted by Gasteiger charge is -2.35. The molecule has 1 aromatic heterocycles. The van der Waals surface area contributed by atoms with Gasteiger partial charge in [0.2, 0.25) is 17.7 Å². The first-order chi connectivity index (χ1) is 15.7. The summed E-state index contributed by atoms with van der Waals surface area (Å²) in [5.41, 5.74) is 0.643. The number of morpholine rings is 1. The van der Waals surface area contributed by atoms with Gasteiger partial charge in [0, 0.05) is 30.9 Å². The van der Waals surface area contributed by atoms with Crippen LogP contribution >= 0.6 is 11.3 Å². The first-order valence-corrected chi connectivity index (χ1v) is 13.1. The van der Waals surface area contributed by atoms with E-state index < -0.39 is 0 Å². The minimum absolute atomic E-state index is 0.0152. The lowest BCUT2D eigenvalue weighted by Crippen LogP contribution is -2.48. The third kappa shape index (κ3) is 7.78. The van der Waals surface area contributed by atoms with Crippen LogP contribution in [0.25, 0.3) is 0 Å². The number of ether oxygens (including phenoxy) is 1. The second kappa shape index (κ2) is 11.9. The topological polar surface area (TPSA) is 91.8 Å². The Morgan fingerprint density at radius 2 is 1.85 bits per heavy atom. The smallest absolute Gasteiger partial charge is 0.245 e. The number of nitrogens with one attached hydrogen (secondary N) is 1. The highest BCUT2D eigenvalue weighted by molar-refractivity contribution is 7.13. The maximum absolute atomic E-state index is 13.0. The fourth-order valence-corrected chi connectivity index (χ4v) is 5.43. The predicted octanol–water partition coefficient (Wildman–Crippen LogP) is 3.32. The van der Waals surface area contributed by atoms with Gasteiger partial charge in [0.05, 0.1) is 30.9 Å². The maximum atomic E-state index is 13.0. The highest BCUT2D eigenvalue weighted by Gasteiger charge is 2.28. The Kier molecular flexibility index (Phi) is 9.26. The molecule has 8 nitrogen and oxygen atoms in total. The fourth-order valence-electron chi connectivity index (χ4n) is 4.71. The molecule has 2 atom stereocenters. The van der Waals surface area contributed by atoms with Crippen LogP contribution in [0.15, 0.2) is 5.38 Å². The van der Waals surface area contributed by atoms with Gasteiger partial charge in [-0.2, -0.15) is 0 Å². The van der Waals surface area contributed by atoms with Crippen LogP contribution in [0.3, 0.4) is 0 Å². The number of carbonyl (C=O) groups is 3. The van der Waals surface area contributed by atoms with E-state index in [4.69, 9.17) is 4.74 Å². The Morgan fingerprint density at radius 1 is 1.18 bits per heavy atom. The van der Waals surface area contributed by atoms with Crippen molar-refractivity contribution in [1.29, 1.82) is 0 Å². The summed E-state index contributed by atoms with van der Waals surface area (Å²) >= 11 is 1.30. The van der Waals surface area contributed by atoms with E-state index in [0.29, 0.717) is 30.5 Å². The number of hydrogen-bond donors (Lipinski definition) is 1. The van der Waals surface area contributed by atoms with Crippen LogP contribution in [-0.2, 0) is 25.5 Å². The van der Waals surface area contributed by atoms with E-state index in [9.17, 15) is 14.4 Å². The number of carbonyl (C=O) groups excluding carboxylic acids is 3. The number of thiazole rings is 1. The van der Waals surface area contributed by atoms with Crippen LogP contribution in [0, 0.1) is 11.8 Å². The molecule has 0 radical (unpaired) electrons. The number of amides is 3. The van der Waals surface area contributed by atoms with Crippen molar-refractivity contribution in [2.45, 2.75) is 78.4 Å². The van der Waals surface area contributed by atoms with E-state index in [1.165, 1.54) is 17.8 Å². The summed E-state index contributed by atoms with van der Waals surface area (Å²) in [7, 11) is 0. The first kappa shape index (κ1) is 25.6. The van der Waals surface area contributed by atoms with Gasteiger partial charge in [-0.25, -0.2) is 4.98 Å². The second-order valence-electron chi connectivity index (χ2n) is 9.87. The molecule has 2 heterocycles. The minimum atomic E-state index is -0.247. The molecule has 2 fully saturated rings. The first-order valence-electron chi connectivity index (χ1n) is 12.2. The molecule has 1 aliphatic heterocycles. The van der Waals surface area contributed by atoms with Crippen molar-refractivity contribution in [3.8, 4) is 0 Å². The van der Waals surface area contributed by atoms with Crippen molar-refractivity contribution in [1.82, 2.24) is 14.8 Å². The SMILES string of the molecule is CC(C)CN(CC(=O)Nc1nc(CC(=O)N2CC(C)OC(C)C2)cs1)C(=O)C1CCCCC1. The Bertz CT molecular complexity index is 811. The second-order valence-corrected chi connectivity index (χ2v) is 10.7. The van der Waals surface area contributed by atoms with Crippen LogP contribution < -0.4 is 5.32 Å². The van der Waals surface area contributed by atoms with Crippen molar-refractivity contribution in [2.24, 2.45) is 11.8 Å². The molecule has 3 rings (SSSR count). The van der Waals surface area contributed by atoms with E-state index in [1.807, 2.05) is 18.7 Å². The van der Waals surface area contributed by atoms with E-state index in [-0.39, 0.29) is 54.7 Å². The molecule has 0 bridgehead atoms. The molecule has 3 amide bonds. The van der Waals surface area contributed by atoms with Crippen LogP contribution in [0.2, 0.25) is 0 Å². The van der Waals surface area contributed by atoms with Crippen LogP contribution in [0.5, 0.6) is 0 Å². The number of nitrogens with zero attached hydrogens (tertiary/aromatic N) is 3. The minimum Gasteiger partial charge on any atom is -0.372 e. The van der Waals surface area contributed by atoms with Crippen LogP contribution in [-0.4, -0.2) is 70.9 Å². The summed E-state index contributed by atoms with van der Waals surface area (Å²) in [6, 6.07) is 0. The summed E-state index contributed by atoms with van der Waals surface area (Å²) in [5.74, 6) is 0.184. The largest absolute Gasteiger partial charge is 0.372 e. The van der Waals surface area contributed by atoms with Gasteiger partial charge in [0.1, 0.15) is 0 Å². The maximum Gasteiger partial charge on any atom is 0.245 e. The Labute approximate surface area is 201 Å². The molecule has 1 saturated heterocycles. The zero-order valence-corrected chi connectivity index (χ0v) is 21.2. The van der Waals surface area contributed by atoms with E-state index in [1.54, 1.807) is 10.3 Å². The molecule has 1 saturated carbocycles. The molecule has 9 heteroatoms. The lowest BCUT2D eigenvalue weighted by molar-refractivity contribution is -0.142. The molecule has 2 unspecified atom stereocenters. The highest BCUT2D eigenvalue weighted by atomic mass is 32.1. The molecular formula is C24H38N4O4S. The summed E-state index contributed by atoms with van der Waals surface area (Å²) < 4.78 is 5.69. The van der Waals surface area contributed by atoms with Gasteiger partial charge in [-0.15, -0.1) is 11.3 Å². The Hall–Kier alpha value is -2.00. The monoisotopic (exact) mass is 478 g/mol. The molecular weight excluding hydrogens is 440 g/mol. The van der Waals surface area contributed by atoms with Crippen molar-refractivity contribution < 1.29 is 19.1 Å². The normalized spacial score (nSPS) is 21.8. The Morgan fingerprint density at radius 3 is 2.48 bits per heavy atom. The molecule has 1 N–H and O–H groups in total. The van der Waals surface area contributed by atoms with Crippen molar-refractivity contribution in [3.63, 3.8) is 0 Å². The molecule has 2 aliphatic rings. The standard InChI is InChI=1S/C24H38N4O4S/c1-16(2)11-28(23(31)19-8-6-5-7-9-19)14-21(29)26-24-25-20(15-33-24)10-22(30)27-12-17(3)32-18(4)13-27/h15-19H,5-14H2,1-4H3,(H,25,26,29).